The third-order valence-corrected chi connectivity index (χ3v) is 3.35. The zero-order chi connectivity index (χ0) is 19.8. The normalized spacial score (nSPS) is 9.81. The van der Waals surface area contributed by atoms with Gasteiger partial charge in [-0.05, 0) is 42.5 Å². The Morgan fingerprint density at radius 3 is 2.48 bits per heavy atom. The maximum Gasteiger partial charge on any atom is 0.270 e. The molecule has 2 amide bonds. The highest BCUT2D eigenvalue weighted by Gasteiger charge is 2.12. The van der Waals surface area contributed by atoms with Gasteiger partial charge in [0, 0.05) is 23.4 Å². The molecule has 9 nitrogen and oxygen atoms in total. The van der Waals surface area contributed by atoms with Crippen LogP contribution in [0.2, 0.25) is 0 Å². The molecule has 0 spiro atoms. The number of halogens is 1. The molecule has 4 N–H and O–H groups in total. The smallest absolute Gasteiger partial charge is 0.270 e. The third-order valence-electron chi connectivity index (χ3n) is 3.15. The monoisotopic (exact) mass is 391 g/mol. The van der Waals surface area contributed by atoms with Gasteiger partial charge < -0.3 is 10.6 Å². The lowest BCUT2D eigenvalue weighted by Crippen LogP contribution is -2.47. The average molecular weight is 391 g/mol. The van der Waals surface area contributed by atoms with Crippen molar-refractivity contribution in [1.29, 1.82) is 0 Å². The summed E-state index contributed by atoms with van der Waals surface area (Å²) in [5.74, 6) is -1.63. The van der Waals surface area contributed by atoms with Gasteiger partial charge in [-0.1, -0.05) is 6.07 Å². The SMILES string of the molecule is O=C(CNC(=O)c1cccc([N+](=O)[O-])c1)NNC(=S)Nc1ccc(F)cc1. The molecule has 0 fully saturated rings. The van der Waals surface area contributed by atoms with Crippen LogP contribution in [0.1, 0.15) is 10.4 Å². The van der Waals surface area contributed by atoms with E-state index in [1.807, 2.05) is 0 Å². The maximum absolute atomic E-state index is 12.8. The maximum atomic E-state index is 12.8. The first-order chi connectivity index (χ1) is 12.8. The Hall–Kier alpha value is -3.60. The van der Waals surface area contributed by atoms with Crippen molar-refractivity contribution in [1.82, 2.24) is 16.2 Å². The second-order valence-corrected chi connectivity index (χ2v) is 5.53. The Balaban J connectivity index is 1.76. The molecule has 0 aliphatic heterocycles. The number of non-ortho nitro benzene ring substituents is 1. The highest BCUT2D eigenvalue weighted by molar-refractivity contribution is 7.80. The molecule has 0 unspecified atom stereocenters. The minimum Gasteiger partial charge on any atom is -0.343 e. The summed E-state index contributed by atoms with van der Waals surface area (Å²) in [7, 11) is 0. The number of nitrogens with zero attached hydrogens (tertiary/aromatic N) is 1. The highest BCUT2D eigenvalue weighted by Crippen LogP contribution is 2.12. The summed E-state index contributed by atoms with van der Waals surface area (Å²) >= 11 is 4.96. The zero-order valence-electron chi connectivity index (χ0n) is 13.7. The fourth-order valence-electron chi connectivity index (χ4n) is 1.89. The van der Waals surface area contributed by atoms with Gasteiger partial charge in [0.1, 0.15) is 5.82 Å². The quantitative estimate of drug-likeness (QED) is 0.346. The Morgan fingerprint density at radius 1 is 1.11 bits per heavy atom. The van der Waals surface area contributed by atoms with Crippen LogP contribution in [0.3, 0.4) is 0 Å². The van der Waals surface area contributed by atoms with Gasteiger partial charge in [-0.2, -0.15) is 0 Å². The molecule has 0 atom stereocenters. The van der Waals surface area contributed by atoms with Crippen LogP contribution in [0, 0.1) is 15.9 Å². The molecule has 0 saturated heterocycles. The number of benzene rings is 2. The van der Waals surface area contributed by atoms with Crippen LogP contribution >= 0.6 is 12.2 Å². The molecule has 0 radical (unpaired) electrons. The lowest BCUT2D eigenvalue weighted by molar-refractivity contribution is -0.384. The summed E-state index contributed by atoms with van der Waals surface area (Å²) in [6.45, 7) is -0.381. The van der Waals surface area contributed by atoms with Crippen molar-refractivity contribution in [3.8, 4) is 0 Å². The Kier molecular flexibility index (Phi) is 6.72. The van der Waals surface area contributed by atoms with Crippen LogP contribution in [0.4, 0.5) is 15.8 Å². The topological polar surface area (TPSA) is 125 Å². The van der Waals surface area contributed by atoms with Crippen molar-refractivity contribution >= 4 is 40.5 Å². The number of nitrogens with one attached hydrogen (secondary N) is 4. The number of nitro groups is 1. The number of hydrogen-bond acceptors (Lipinski definition) is 5. The zero-order valence-corrected chi connectivity index (χ0v) is 14.5. The molecule has 0 bridgehead atoms. The van der Waals surface area contributed by atoms with Crippen LogP contribution in [-0.2, 0) is 4.79 Å². The summed E-state index contributed by atoms with van der Waals surface area (Å²) in [5.41, 5.74) is 5.02. The van der Waals surface area contributed by atoms with Crippen LogP contribution in [0.5, 0.6) is 0 Å². The number of hydrazine groups is 1. The largest absolute Gasteiger partial charge is 0.343 e. The molecular formula is C16H14FN5O4S. The van der Waals surface area contributed by atoms with Gasteiger partial charge in [0.15, 0.2) is 5.11 Å². The molecule has 0 aliphatic rings. The van der Waals surface area contributed by atoms with Crippen molar-refractivity contribution in [3.05, 3.63) is 70.0 Å². The Labute approximate surface area is 158 Å². The second kappa shape index (κ2) is 9.20. The highest BCUT2D eigenvalue weighted by atomic mass is 32.1. The predicted molar refractivity (Wildman–Crippen MR) is 99.3 cm³/mol. The van der Waals surface area contributed by atoms with Crippen molar-refractivity contribution in [2.24, 2.45) is 0 Å². The molecule has 27 heavy (non-hydrogen) atoms. The van der Waals surface area contributed by atoms with Gasteiger partial charge in [0.05, 0.1) is 11.5 Å². The first kappa shape index (κ1) is 19.7. The molecule has 0 aromatic heterocycles. The van der Waals surface area contributed by atoms with Crippen LogP contribution < -0.4 is 21.5 Å². The number of thiocarbonyl (C=S) groups is 1. The van der Waals surface area contributed by atoms with E-state index in [0.717, 1.165) is 6.07 Å². The first-order valence-electron chi connectivity index (χ1n) is 7.49. The van der Waals surface area contributed by atoms with E-state index in [1.165, 1.54) is 42.5 Å². The van der Waals surface area contributed by atoms with E-state index >= 15 is 0 Å². The van der Waals surface area contributed by atoms with Crippen molar-refractivity contribution in [2.75, 3.05) is 11.9 Å². The average Bonchev–Trinajstić information content (AvgIpc) is 2.66. The summed E-state index contributed by atoms with van der Waals surface area (Å²) in [6, 6.07) is 10.5. The summed E-state index contributed by atoms with van der Waals surface area (Å²) in [6.07, 6.45) is 0. The third kappa shape index (κ3) is 6.32. The van der Waals surface area contributed by atoms with E-state index in [1.54, 1.807) is 0 Å². The standard InChI is InChI=1S/C16H14FN5O4S/c17-11-4-6-12(7-5-11)19-16(27)21-20-14(23)9-18-15(24)10-2-1-3-13(8-10)22(25)26/h1-8H,9H2,(H,18,24)(H,20,23)(H2,19,21,27). The van der Waals surface area contributed by atoms with Crippen LogP contribution in [-0.4, -0.2) is 28.4 Å². The summed E-state index contributed by atoms with van der Waals surface area (Å²) < 4.78 is 12.8. The summed E-state index contributed by atoms with van der Waals surface area (Å²) in [5, 5.41) is 15.8. The van der Waals surface area contributed by atoms with E-state index in [-0.39, 0.29) is 22.9 Å². The number of rotatable bonds is 5. The van der Waals surface area contributed by atoms with Crippen LogP contribution in [0.15, 0.2) is 48.5 Å². The number of carbonyl (C=O) groups is 2. The molecule has 0 saturated carbocycles. The molecule has 11 heteroatoms. The number of nitro benzene ring substituents is 1. The molecule has 0 heterocycles. The number of carbonyl (C=O) groups excluding carboxylic acids is 2. The van der Waals surface area contributed by atoms with Gasteiger partial charge >= 0.3 is 0 Å². The van der Waals surface area contributed by atoms with Crippen molar-refractivity contribution in [3.63, 3.8) is 0 Å². The van der Waals surface area contributed by atoms with E-state index in [2.05, 4.69) is 21.5 Å². The lowest BCUT2D eigenvalue weighted by atomic mass is 10.2. The molecular weight excluding hydrogens is 377 g/mol. The minimum absolute atomic E-state index is 0.0541. The minimum atomic E-state index is -0.638. The molecule has 0 aliphatic carbocycles. The van der Waals surface area contributed by atoms with Crippen LogP contribution in [0.25, 0.3) is 0 Å². The van der Waals surface area contributed by atoms with E-state index in [0.29, 0.717) is 5.69 Å². The fraction of sp³-hybridized carbons (Fsp3) is 0.0625. The van der Waals surface area contributed by atoms with Gasteiger partial charge in [0.25, 0.3) is 17.5 Å². The first-order valence-corrected chi connectivity index (χ1v) is 7.90. The van der Waals surface area contributed by atoms with Gasteiger partial charge in [0.2, 0.25) is 0 Å². The Morgan fingerprint density at radius 2 is 1.81 bits per heavy atom. The lowest BCUT2D eigenvalue weighted by Gasteiger charge is -2.12. The fourth-order valence-corrected chi connectivity index (χ4v) is 2.06. The number of anilines is 1. The van der Waals surface area contributed by atoms with Crippen molar-refractivity contribution in [2.45, 2.75) is 0 Å². The molecule has 140 valence electrons. The van der Waals surface area contributed by atoms with E-state index in [9.17, 15) is 24.1 Å². The number of hydrogen-bond donors (Lipinski definition) is 4. The van der Waals surface area contributed by atoms with E-state index in [4.69, 9.17) is 12.2 Å². The Bertz CT molecular complexity index is 875. The van der Waals surface area contributed by atoms with Crippen molar-refractivity contribution < 1.29 is 18.9 Å². The molecule has 2 rings (SSSR count). The predicted octanol–water partition coefficient (Wildman–Crippen LogP) is 1.48. The summed E-state index contributed by atoms with van der Waals surface area (Å²) in [4.78, 5) is 33.7. The van der Waals surface area contributed by atoms with Gasteiger partial charge in [-0.3, -0.25) is 30.6 Å². The van der Waals surface area contributed by atoms with Gasteiger partial charge in [-0.25, -0.2) is 4.39 Å². The molecule has 2 aromatic carbocycles. The number of amides is 2. The second-order valence-electron chi connectivity index (χ2n) is 5.12. The van der Waals surface area contributed by atoms with Gasteiger partial charge in [-0.15, -0.1) is 0 Å². The van der Waals surface area contributed by atoms with E-state index < -0.39 is 22.6 Å². The molecule has 2 aromatic rings.